The summed E-state index contributed by atoms with van der Waals surface area (Å²) in [5.41, 5.74) is 1.55. The number of carbonyl (C=O) groups is 2. The molecule has 0 atom stereocenters. The van der Waals surface area contributed by atoms with Crippen molar-refractivity contribution in [3.63, 3.8) is 0 Å². The van der Waals surface area contributed by atoms with Crippen molar-refractivity contribution in [2.45, 2.75) is 33.7 Å². The molecule has 0 unspecified atom stereocenters. The number of aryl methyl sites for hydroxylation is 1. The topological polar surface area (TPSA) is 59.1 Å². The minimum Gasteiger partial charge on any atom is -0.493 e. The summed E-state index contributed by atoms with van der Waals surface area (Å²) < 4.78 is 10.8. The van der Waals surface area contributed by atoms with Crippen LogP contribution in [0.5, 0.6) is 11.5 Å². The predicted octanol–water partition coefficient (Wildman–Crippen LogP) is 6.10. The lowest BCUT2D eigenvalue weighted by Gasteiger charge is -2.29. The minimum absolute atomic E-state index is 0.00985. The quantitative estimate of drug-likeness (QED) is 0.277. The molecule has 2 aromatic carbocycles. The van der Waals surface area contributed by atoms with Gasteiger partial charge in [-0.3, -0.25) is 9.59 Å². The highest BCUT2D eigenvalue weighted by Gasteiger charge is 2.24. The van der Waals surface area contributed by atoms with Gasteiger partial charge in [0.15, 0.2) is 11.5 Å². The number of halogens is 1. The second-order valence-electron chi connectivity index (χ2n) is 9.35. The van der Waals surface area contributed by atoms with Crippen LogP contribution >= 0.6 is 22.9 Å². The van der Waals surface area contributed by atoms with E-state index in [9.17, 15) is 9.59 Å². The van der Waals surface area contributed by atoms with Crippen LogP contribution < -0.4 is 9.47 Å². The van der Waals surface area contributed by atoms with E-state index in [4.69, 9.17) is 21.1 Å². The Kier molecular flexibility index (Phi) is 10.4. The smallest absolute Gasteiger partial charge is 0.254 e. The molecule has 0 aliphatic rings. The Morgan fingerprint density at radius 1 is 0.946 bits per heavy atom. The third kappa shape index (κ3) is 8.23. The lowest BCUT2D eigenvalue weighted by Crippen LogP contribution is -2.44. The van der Waals surface area contributed by atoms with Gasteiger partial charge < -0.3 is 19.3 Å². The Balaban J connectivity index is 1.80. The van der Waals surface area contributed by atoms with Crippen molar-refractivity contribution in [2.75, 3.05) is 33.9 Å². The summed E-state index contributed by atoms with van der Waals surface area (Å²) in [6, 6.07) is 16.7. The number of amides is 2. The Morgan fingerprint density at radius 2 is 1.65 bits per heavy atom. The van der Waals surface area contributed by atoms with Gasteiger partial charge in [0, 0.05) is 33.4 Å². The van der Waals surface area contributed by atoms with Crippen LogP contribution in [0, 0.1) is 12.8 Å². The van der Waals surface area contributed by atoms with Crippen LogP contribution in [0.1, 0.15) is 39.5 Å². The van der Waals surface area contributed by atoms with Crippen molar-refractivity contribution in [1.29, 1.82) is 0 Å². The van der Waals surface area contributed by atoms with Gasteiger partial charge in [-0.15, -0.1) is 11.3 Å². The first-order chi connectivity index (χ1) is 17.7. The number of hydrogen-bond acceptors (Lipinski definition) is 5. The zero-order valence-electron chi connectivity index (χ0n) is 22.1. The molecule has 0 radical (unpaired) electrons. The summed E-state index contributed by atoms with van der Waals surface area (Å²) >= 11 is 7.68. The number of nitrogens with zero attached hydrogens (tertiary/aromatic N) is 2. The molecule has 0 saturated carbocycles. The zero-order chi connectivity index (χ0) is 26.9. The second-order valence-corrected chi connectivity index (χ2v) is 11.2. The molecule has 2 amide bonds. The van der Waals surface area contributed by atoms with Crippen LogP contribution in [0.3, 0.4) is 0 Å². The van der Waals surface area contributed by atoms with Crippen molar-refractivity contribution < 1.29 is 19.1 Å². The fraction of sp³-hybridized carbons (Fsp3) is 0.379. The van der Waals surface area contributed by atoms with Crippen LogP contribution in [0.25, 0.3) is 0 Å². The molecular weight excluding hydrogens is 508 g/mol. The Bertz CT molecular complexity index is 1190. The predicted molar refractivity (Wildman–Crippen MR) is 150 cm³/mol. The Morgan fingerprint density at radius 3 is 2.24 bits per heavy atom. The largest absolute Gasteiger partial charge is 0.493 e. The third-order valence-electron chi connectivity index (χ3n) is 5.90. The van der Waals surface area contributed by atoms with Gasteiger partial charge in [-0.2, -0.15) is 0 Å². The summed E-state index contributed by atoms with van der Waals surface area (Å²) in [7, 11) is 3.22. The van der Waals surface area contributed by atoms with Crippen molar-refractivity contribution in [2.24, 2.45) is 5.92 Å². The van der Waals surface area contributed by atoms with Crippen LogP contribution in [-0.4, -0.2) is 55.5 Å². The summed E-state index contributed by atoms with van der Waals surface area (Å²) in [6.45, 7) is 7.63. The fourth-order valence-electron chi connectivity index (χ4n) is 4.05. The number of ether oxygens (including phenoxy) is 2. The third-order valence-corrected chi connectivity index (χ3v) is 7.14. The molecule has 0 N–H and O–H groups in total. The summed E-state index contributed by atoms with van der Waals surface area (Å²) in [6.07, 6.45) is 0.645. The van der Waals surface area contributed by atoms with Gasteiger partial charge >= 0.3 is 0 Å². The average Bonchev–Trinajstić information content (AvgIpc) is 3.30. The monoisotopic (exact) mass is 542 g/mol. The number of benzene rings is 2. The van der Waals surface area contributed by atoms with Crippen molar-refractivity contribution in [1.82, 2.24) is 9.80 Å². The highest BCUT2D eigenvalue weighted by Crippen LogP contribution is 2.28. The molecule has 1 aromatic heterocycles. The zero-order valence-corrected chi connectivity index (χ0v) is 23.7. The first kappa shape index (κ1) is 28.5. The molecule has 0 spiro atoms. The Labute approximate surface area is 228 Å². The molecule has 37 heavy (non-hydrogen) atoms. The van der Waals surface area contributed by atoms with E-state index in [0.29, 0.717) is 48.1 Å². The van der Waals surface area contributed by atoms with E-state index in [1.807, 2.05) is 36.9 Å². The number of rotatable bonds is 12. The molecule has 0 aliphatic carbocycles. The van der Waals surface area contributed by atoms with E-state index in [1.165, 1.54) is 4.88 Å². The highest BCUT2D eigenvalue weighted by molar-refractivity contribution is 7.11. The summed E-state index contributed by atoms with van der Waals surface area (Å²) in [5, 5.41) is 0.565. The maximum absolute atomic E-state index is 13.7. The van der Waals surface area contributed by atoms with Crippen LogP contribution in [0.4, 0.5) is 0 Å². The molecule has 198 valence electrons. The molecule has 0 aliphatic heterocycles. The van der Waals surface area contributed by atoms with Gasteiger partial charge in [0.25, 0.3) is 5.91 Å². The van der Waals surface area contributed by atoms with Crippen molar-refractivity contribution in [3.05, 3.63) is 80.5 Å². The standard InChI is InChI=1S/C29H35ClN2O4S/c1-20(2)17-32(29(34)23-8-10-24(30)11-9-23)19-28(33)31(18-25-12-6-21(3)37-25)15-14-22-7-13-26(35-4)27(16-22)36-5/h6-13,16,20H,14-15,17-19H2,1-5H3. The van der Waals surface area contributed by atoms with Crippen molar-refractivity contribution >= 4 is 34.8 Å². The minimum atomic E-state index is -0.175. The molecule has 8 heteroatoms. The van der Waals surface area contributed by atoms with Crippen LogP contribution in [0.2, 0.25) is 5.02 Å². The molecule has 0 bridgehead atoms. The molecule has 6 nitrogen and oxygen atoms in total. The number of thiophene rings is 1. The fourth-order valence-corrected chi connectivity index (χ4v) is 5.08. The molecule has 3 rings (SSSR count). The van der Waals surface area contributed by atoms with Gasteiger partial charge in [-0.1, -0.05) is 31.5 Å². The van der Waals surface area contributed by atoms with Gasteiger partial charge in [0.05, 0.1) is 20.8 Å². The van der Waals surface area contributed by atoms with Crippen molar-refractivity contribution in [3.8, 4) is 11.5 Å². The molecular formula is C29H35ClN2O4S. The first-order valence-electron chi connectivity index (χ1n) is 12.3. The van der Waals surface area contributed by atoms with Gasteiger partial charge in [0.2, 0.25) is 5.91 Å². The maximum Gasteiger partial charge on any atom is 0.254 e. The highest BCUT2D eigenvalue weighted by atomic mass is 35.5. The van der Waals surface area contributed by atoms with E-state index >= 15 is 0 Å². The molecule has 0 fully saturated rings. The van der Waals surface area contributed by atoms with Crippen LogP contribution in [0.15, 0.2) is 54.6 Å². The normalized spacial score (nSPS) is 10.9. The molecule has 0 saturated heterocycles. The molecule has 3 aromatic rings. The average molecular weight is 543 g/mol. The molecule has 1 heterocycles. The lowest BCUT2D eigenvalue weighted by atomic mass is 10.1. The lowest BCUT2D eigenvalue weighted by molar-refractivity contribution is -0.132. The van der Waals surface area contributed by atoms with Gasteiger partial charge in [-0.25, -0.2) is 0 Å². The summed E-state index contributed by atoms with van der Waals surface area (Å²) in [5.74, 6) is 1.27. The Hall–Kier alpha value is -3.03. The van der Waals surface area contributed by atoms with Gasteiger partial charge in [0.1, 0.15) is 6.54 Å². The van der Waals surface area contributed by atoms with E-state index in [1.54, 1.807) is 54.7 Å². The number of carbonyl (C=O) groups excluding carboxylic acids is 2. The maximum atomic E-state index is 13.7. The van der Waals surface area contributed by atoms with Crippen LogP contribution in [-0.2, 0) is 17.8 Å². The van der Waals surface area contributed by atoms with E-state index in [0.717, 1.165) is 10.4 Å². The van der Waals surface area contributed by atoms with E-state index < -0.39 is 0 Å². The van der Waals surface area contributed by atoms with E-state index in [-0.39, 0.29) is 24.3 Å². The summed E-state index contributed by atoms with van der Waals surface area (Å²) in [4.78, 5) is 32.7. The SMILES string of the molecule is COc1ccc(CCN(Cc2ccc(C)s2)C(=O)CN(CC(C)C)C(=O)c2ccc(Cl)cc2)cc1OC. The number of hydrogen-bond donors (Lipinski definition) is 0. The first-order valence-corrected chi connectivity index (χ1v) is 13.5. The second kappa shape index (κ2) is 13.5. The van der Waals surface area contributed by atoms with Gasteiger partial charge in [-0.05, 0) is 73.4 Å². The van der Waals surface area contributed by atoms with E-state index in [2.05, 4.69) is 19.1 Å². The number of methoxy groups -OCH3 is 2.